The van der Waals surface area contributed by atoms with Crippen molar-refractivity contribution in [3.8, 4) is 0 Å². The van der Waals surface area contributed by atoms with Crippen LogP contribution in [0.5, 0.6) is 0 Å². The maximum Gasteiger partial charge on any atom is -0.00200 e. The van der Waals surface area contributed by atoms with Crippen molar-refractivity contribution in [3.63, 3.8) is 0 Å². The lowest BCUT2D eigenvalue weighted by atomic mass is 10.0. The van der Waals surface area contributed by atoms with Crippen molar-refractivity contribution >= 4 is 0 Å². The van der Waals surface area contributed by atoms with Gasteiger partial charge < -0.3 is 10.6 Å². The van der Waals surface area contributed by atoms with Crippen LogP contribution in [0.3, 0.4) is 0 Å². The summed E-state index contributed by atoms with van der Waals surface area (Å²) in [6.07, 6.45) is 11.2. The molecule has 108 valence electrons. The molecule has 1 unspecified atom stereocenters. The van der Waals surface area contributed by atoms with E-state index in [2.05, 4.69) is 24.5 Å². The SMILES string of the molecule is CC(C)CCCCCCNCCCC1CCNC1. The van der Waals surface area contributed by atoms with Gasteiger partial charge >= 0.3 is 0 Å². The smallest absolute Gasteiger partial charge is 0.00200 e. The third kappa shape index (κ3) is 8.93. The summed E-state index contributed by atoms with van der Waals surface area (Å²) in [5.41, 5.74) is 0. The third-order valence-electron chi connectivity index (χ3n) is 4.01. The summed E-state index contributed by atoms with van der Waals surface area (Å²) in [4.78, 5) is 0. The fraction of sp³-hybridized carbons (Fsp3) is 1.00. The van der Waals surface area contributed by atoms with Crippen LogP contribution in [-0.4, -0.2) is 26.2 Å². The Hall–Kier alpha value is -0.0800. The van der Waals surface area contributed by atoms with E-state index in [4.69, 9.17) is 0 Å². The second-order valence-corrected chi connectivity index (χ2v) is 6.35. The van der Waals surface area contributed by atoms with Gasteiger partial charge in [-0.3, -0.25) is 0 Å². The number of rotatable bonds is 11. The van der Waals surface area contributed by atoms with E-state index in [9.17, 15) is 0 Å². The first-order chi connectivity index (χ1) is 8.79. The van der Waals surface area contributed by atoms with E-state index in [0.29, 0.717) is 0 Å². The molecule has 0 radical (unpaired) electrons. The van der Waals surface area contributed by atoms with Gasteiger partial charge in [0.25, 0.3) is 0 Å². The molecule has 1 fully saturated rings. The Bertz CT molecular complexity index is 174. The van der Waals surface area contributed by atoms with Crippen molar-refractivity contribution in [2.45, 2.75) is 65.2 Å². The molecule has 0 amide bonds. The van der Waals surface area contributed by atoms with E-state index in [-0.39, 0.29) is 0 Å². The first-order valence-electron chi connectivity index (χ1n) is 8.20. The van der Waals surface area contributed by atoms with E-state index in [1.165, 1.54) is 77.5 Å². The Balaban J connectivity index is 1.70. The van der Waals surface area contributed by atoms with Gasteiger partial charge in [0.05, 0.1) is 0 Å². The molecule has 0 bridgehead atoms. The summed E-state index contributed by atoms with van der Waals surface area (Å²) >= 11 is 0. The van der Waals surface area contributed by atoms with Crippen molar-refractivity contribution in [1.29, 1.82) is 0 Å². The molecule has 18 heavy (non-hydrogen) atoms. The number of hydrogen-bond acceptors (Lipinski definition) is 2. The zero-order chi connectivity index (χ0) is 13.1. The van der Waals surface area contributed by atoms with Crippen molar-refractivity contribution in [2.24, 2.45) is 11.8 Å². The molecule has 0 aliphatic carbocycles. The van der Waals surface area contributed by atoms with E-state index >= 15 is 0 Å². The Morgan fingerprint density at radius 3 is 2.56 bits per heavy atom. The average Bonchev–Trinajstić information content (AvgIpc) is 2.84. The summed E-state index contributed by atoms with van der Waals surface area (Å²) in [7, 11) is 0. The van der Waals surface area contributed by atoms with Crippen LogP contribution < -0.4 is 10.6 Å². The number of hydrogen-bond donors (Lipinski definition) is 2. The molecule has 0 saturated carbocycles. The zero-order valence-electron chi connectivity index (χ0n) is 12.6. The Labute approximate surface area is 114 Å². The van der Waals surface area contributed by atoms with Gasteiger partial charge in [0.2, 0.25) is 0 Å². The van der Waals surface area contributed by atoms with Crippen LogP contribution in [0, 0.1) is 11.8 Å². The van der Waals surface area contributed by atoms with Gasteiger partial charge in [-0.1, -0.05) is 39.5 Å². The topological polar surface area (TPSA) is 24.1 Å². The Kier molecular flexibility index (Phi) is 9.59. The summed E-state index contributed by atoms with van der Waals surface area (Å²) in [6.45, 7) is 9.60. The molecule has 0 spiro atoms. The molecular formula is C16H34N2. The molecule has 1 atom stereocenters. The van der Waals surface area contributed by atoms with Gasteiger partial charge in [0.15, 0.2) is 0 Å². The molecule has 0 aromatic carbocycles. The summed E-state index contributed by atoms with van der Waals surface area (Å²) in [5.74, 6) is 1.84. The second-order valence-electron chi connectivity index (χ2n) is 6.35. The molecule has 1 rings (SSSR count). The fourth-order valence-electron chi connectivity index (χ4n) is 2.76. The van der Waals surface area contributed by atoms with Crippen LogP contribution in [0.4, 0.5) is 0 Å². The first-order valence-corrected chi connectivity index (χ1v) is 8.20. The van der Waals surface area contributed by atoms with Crippen LogP contribution in [0.1, 0.15) is 65.2 Å². The maximum atomic E-state index is 3.59. The lowest BCUT2D eigenvalue weighted by Gasteiger charge is -2.09. The molecule has 0 aromatic heterocycles. The summed E-state index contributed by atoms with van der Waals surface area (Å²) in [6, 6.07) is 0. The first kappa shape index (κ1) is 16.0. The van der Waals surface area contributed by atoms with Gasteiger partial charge in [-0.2, -0.15) is 0 Å². The highest BCUT2D eigenvalue weighted by molar-refractivity contribution is 4.71. The van der Waals surface area contributed by atoms with Crippen LogP contribution in [0.15, 0.2) is 0 Å². The zero-order valence-corrected chi connectivity index (χ0v) is 12.6. The van der Waals surface area contributed by atoms with E-state index in [1.807, 2.05) is 0 Å². The molecule has 1 aliphatic heterocycles. The Morgan fingerprint density at radius 1 is 1.06 bits per heavy atom. The van der Waals surface area contributed by atoms with Gasteiger partial charge in [-0.25, -0.2) is 0 Å². The van der Waals surface area contributed by atoms with Crippen LogP contribution in [-0.2, 0) is 0 Å². The van der Waals surface area contributed by atoms with Crippen molar-refractivity contribution < 1.29 is 0 Å². The molecule has 2 nitrogen and oxygen atoms in total. The second kappa shape index (κ2) is 10.8. The highest BCUT2D eigenvalue weighted by atomic mass is 14.9. The van der Waals surface area contributed by atoms with Gasteiger partial charge in [-0.15, -0.1) is 0 Å². The van der Waals surface area contributed by atoms with Gasteiger partial charge in [0.1, 0.15) is 0 Å². The minimum Gasteiger partial charge on any atom is -0.317 e. The largest absolute Gasteiger partial charge is 0.317 e. The van der Waals surface area contributed by atoms with Crippen molar-refractivity contribution in [3.05, 3.63) is 0 Å². The van der Waals surface area contributed by atoms with E-state index in [0.717, 1.165) is 11.8 Å². The minimum atomic E-state index is 0.883. The normalized spacial score (nSPS) is 19.8. The van der Waals surface area contributed by atoms with E-state index < -0.39 is 0 Å². The molecule has 1 saturated heterocycles. The van der Waals surface area contributed by atoms with Crippen LogP contribution >= 0.6 is 0 Å². The van der Waals surface area contributed by atoms with Crippen molar-refractivity contribution in [1.82, 2.24) is 10.6 Å². The van der Waals surface area contributed by atoms with Crippen LogP contribution in [0.2, 0.25) is 0 Å². The molecule has 0 aromatic rings. The predicted octanol–water partition coefficient (Wildman–Crippen LogP) is 3.57. The molecule has 2 N–H and O–H groups in total. The minimum absolute atomic E-state index is 0.883. The standard InChI is InChI=1S/C16H34N2/c1-15(2)8-5-3-4-6-11-17-12-7-9-16-10-13-18-14-16/h15-18H,3-14H2,1-2H3. The maximum absolute atomic E-state index is 3.59. The highest BCUT2D eigenvalue weighted by Crippen LogP contribution is 2.13. The molecular weight excluding hydrogens is 220 g/mol. The monoisotopic (exact) mass is 254 g/mol. The quantitative estimate of drug-likeness (QED) is 0.551. The predicted molar refractivity (Wildman–Crippen MR) is 81.0 cm³/mol. The molecule has 2 heteroatoms. The fourth-order valence-corrected chi connectivity index (χ4v) is 2.76. The van der Waals surface area contributed by atoms with E-state index in [1.54, 1.807) is 0 Å². The van der Waals surface area contributed by atoms with Gasteiger partial charge in [0, 0.05) is 0 Å². The van der Waals surface area contributed by atoms with Crippen molar-refractivity contribution in [2.75, 3.05) is 26.2 Å². The molecule has 1 aliphatic rings. The third-order valence-corrected chi connectivity index (χ3v) is 4.01. The van der Waals surface area contributed by atoms with Gasteiger partial charge in [-0.05, 0) is 63.7 Å². The van der Waals surface area contributed by atoms with Crippen LogP contribution in [0.25, 0.3) is 0 Å². The summed E-state index contributed by atoms with van der Waals surface area (Å²) in [5, 5.41) is 7.03. The lowest BCUT2D eigenvalue weighted by Crippen LogP contribution is -2.18. The molecule has 1 heterocycles. The number of nitrogens with one attached hydrogen (secondary N) is 2. The number of unbranched alkanes of at least 4 members (excludes halogenated alkanes) is 3. The lowest BCUT2D eigenvalue weighted by molar-refractivity contribution is 0.482. The average molecular weight is 254 g/mol. The summed E-state index contributed by atoms with van der Waals surface area (Å²) < 4.78 is 0. The highest BCUT2D eigenvalue weighted by Gasteiger charge is 2.12. The Morgan fingerprint density at radius 2 is 1.83 bits per heavy atom.